The molecule has 1 amide bonds. The van der Waals surface area contributed by atoms with Crippen LogP contribution in [0.4, 0.5) is 0 Å². The maximum absolute atomic E-state index is 12.4. The van der Waals surface area contributed by atoms with Crippen molar-refractivity contribution in [3.05, 3.63) is 68.5 Å². The van der Waals surface area contributed by atoms with Gasteiger partial charge in [0.15, 0.2) is 0 Å². The molecule has 0 unspecified atom stereocenters. The van der Waals surface area contributed by atoms with Crippen LogP contribution in [0.25, 0.3) is 0 Å². The minimum atomic E-state index is -1.03. The van der Waals surface area contributed by atoms with Gasteiger partial charge in [-0.1, -0.05) is 24.3 Å². The third-order valence-corrected chi connectivity index (χ3v) is 4.71. The first-order chi connectivity index (χ1) is 11.9. The SMILES string of the molecule is Cc1ccccc1[C@]1(O)CCN(C(=O)CCn2ccc(=O)[nH]c2=O)C1. The molecule has 1 saturated heterocycles. The average Bonchev–Trinajstić information content (AvgIpc) is 2.97. The molecule has 7 heteroatoms. The van der Waals surface area contributed by atoms with Crippen LogP contribution in [0.1, 0.15) is 24.0 Å². The fourth-order valence-electron chi connectivity index (χ4n) is 3.32. The molecule has 25 heavy (non-hydrogen) atoms. The van der Waals surface area contributed by atoms with E-state index >= 15 is 0 Å². The summed E-state index contributed by atoms with van der Waals surface area (Å²) in [5.74, 6) is -0.123. The van der Waals surface area contributed by atoms with Crippen molar-refractivity contribution in [2.45, 2.75) is 31.9 Å². The van der Waals surface area contributed by atoms with Crippen molar-refractivity contribution in [2.75, 3.05) is 13.1 Å². The summed E-state index contributed by atoms with van der Waals surface area (Å²) in [6.07, 6.45) is 2.00. The fraction of sp³-hybridized carbons (Fsp3) is 0.389. The van der Waals surface area contributed by atoms with E-state index in [1.165, 1.54) is 16.8 Å². The number of carbonyl (C=O) groups is 1. The van der Waals surface area contributed by atoms with Gasteiger partial charge in [-0.3, -0.25) is 14.6 Å². The number of β-amino-alcohol motifs (C(OH)–C–C–N with tert-alkyl or cyclic N) is 1. The Kier molecular flexibility index (Phi) is 4.59. The minimum Gasteiger partial charge on any atom is -0.383 e. The van der Waals surface area contributed by atoms with Gasteiger partial charge in [-0.25, -0.2) is 4.79 Å². The summed E-state index contributed by atoms with van der Waals surface area (Å²) >= 11 is 0. The monoisotopic (exact) mass is 343 g/mol. The Bertz CT molecular complexity index is 901. The summed E-state index contributed by atoms with van der Waals surface area (Å²) in [5.41, 5.74) is -0.176. The lowest BCUT2D eigenvalue weighted by atomic mass is 9.89. The van der Waals surface area contributed by atoms with Crippen LogP contribution in [0.15, 0.2) is 46.1 Å². The largest absolute Gasteiger partial charge is 0.383 e. The topological polar surface area (TPSA) is 95.4 Å². The molecule has 2 heterocycles. The highest BCUT2D eigenvalue weighted by molar-refractivity contribution is 5.76. The number of carbonyl (C=O) groups excluding carboxylic acids is 1. The average molecular weight is 343 g/mol. The molecular formula is C18H21N3O4. The predicted octanol–water partition coefficient (Wildman–Crippen LogP) is 0.355. The number of amides is 1. The van der Waals surface area contributed by atoms with Crippen LogP contribution in [-0.4, -0.2) is 38.6 Å². The van der Waals surface area contributed by atoms with E-state index in [-0.39, 0.29) is 25.4 Å². The molecule has 0 radical (unpaired) electrons. The Morgan fingerprint density at radius 1 is 1.28 bits per heavy atom. The number of aryl methyl sites for hydroxylation is 2. The van der Waals surface area contributed by atoms with Crippen molar-refractivity contribution in [1.82, 2.24) is 14.5 Å². The number of H-pyrrole nitrogens is 1. The second-order valence-electron chi connectivity index (χ2n) is 6.47. The van der Waals surface area contributed by atoms with E-state index in [1.54, 1.807) is 4.90 Å². The molecular weight excluding hydrogens is 322 g/mol. The molecule has 0 bridgehead atoms. The first kappa shape index (κ1) is 17.2. The number of aromatic amines is 1. The van der Waals surface area contributed by atoms with E-state index < -0.39 is 16.9 Å². The zero-order valence-electron chi connectivity index (χ0n) is 14.1. The lowest BCUT2D eigenvalue weighted by molar-refractivity contribution is -0.131. The summed E-state index contributed by atoms with van der Waals surface area (Å²) in [5, 5.41) is 10.9. The first-order valence-electron chi connectivity index (χ1n) is 8.25. The van der Waals surface area contributed by atoms with E-state index in [0.717, 1.165) is 11.1 Å². The molecule has 132 valence electrons. The lowest BCUT2D eigenvalue weighted by Gasteiger charge is -2.25. The summed E-state index contributed by atoms with van der Waals surface area (Å²) in [4.78, 5) is 38.9. The van der Waals surface area contributed by atoms with Crippen molar-refractivity contribution in [3.63, 3.8) is 0 Å². The van der Waals surface area contributed by atoms with Crippen LogP contribution >= 0.6 is 0 Å². The van der Waals surface area contributed by atoms with Gasteiger partial charge in [0.1, 0.15) is 5.60 Å². The number of hydrogen-bond acceptors (Lipinski definition) is 4. The van der Waals surface area contributed by atoms with Crippen molar-refractivity contribution in [2.24, 2.45) is 0 Å². The number of nitrogens with zero attached hydrogens (tertiary/aromatic N) is 2. The standard InChI is InChI=1S/C18H21N3O4/c1-13-4-2-3-5-14(13)18(25)8-11-21(12-18)16(23)7-10-20-9-6-15(22)19-17(20)24/h2-6,9,25H,7-8,10-12H2,1H3,(H,19,22,24)/t18-/m0/s1. The highest BCUT2D eigenvalue weighted by atomic mass is 16.3. The maximum atomic E-state index is 12.4. The molecule has 1 atom stereocenters. The van der Waals surface area contributed by atoms with Crippen LogP contribution in [0, 0.1) is 6.92 Å². The highest BCUT2D eigenvalue weighted by Gasteiger charge is 2.40. The number of hydrogen-bond donors (Lipinski definition) is 2. The number of likely N-dealkylation sites (tertiary alicyclic amines) is 1. The van der Waals surface area contributed by atoms with Gasteiger partial charge in [-0.2, -0.15) is 0 Å². The highest BCUT2D eigenvalue weighted by Crippen LogP contribution is 2.33. The van der Waals surface area contributed by atoms with Crippen LogP contribution in [0.5, 0.6) is 0 Å². The molecule has 1 aromatic heterocycles. The molecule has 1 aliphatic heterocycles. The minimum absolute atomic E-state index is 0.123. The van der Waals surface area contributed by atoms with E-state index in [1.807, 2.05) is 31.2 Å². The van der Waals surface area contributed by atoms with Gasteiger partial charge in [0.2, 0.25) is 5.91 Å². The molecule has 1 aliphatic rings. The van der Waals surface area contributed by atoms with E-state index in [2.05, 4.69) is 4.98 Å². The summed E-state index contributed by atoms with van der Waals surface area (Å²) in [6, 6.07) is 8.89. The van der Waals surface area contributed by atoms with Crippen molar-refractivity contribution >= 4 is 5.91 Å². The quantitative estimate of drug-likeness (QED) is 0.838. The Morgan fingerprint density at radius 3 is 2.76 bits per heavy atom. The number of rotatable bonds is 4. The molecule has 0 saturated carbocycles. The summed E-state index contributed by atoms with van der Waals surface area (Å²) in [7, 11) is 0. The van der Waals surface area contributed by atoms with Crippen LogP contribution in [0.3, 0.4) is 0 Å². The molecule has 1 aromatic carbocycles. The lowest BCUT2D eigenvalue weighted by Crippen LogP contribution is -2.36. The Labute approximate surface area is 144 Å². The van der Waals surface area contributed by atoms with Gasteiger partial charge >= 0.3 is 5.69 Å². The summed E-state index contributed by atoms with van der Waals surface area (Å²) in [6.45, 7) is 2.86. The molecule has 0 spiro atoms. The van der Waals surface area contributed by atoms with Gasteiger partial charge in [0, 0.05) is 31.8 Å². The second-order valence-corrected chi connectivity index (χ2v) is 6.47. The van der Waals surface area contributed by atoms with Gasteiger partial charge in [-0.05, 0) is 24.5 Å². The van der Waals surface area contributed by atoms with Gasteiger partial charge < -0.3 is 14.6 Å². The fourth-order valence-corrected chi connectivity index (χ4v) is 3.32. The van der Waals surface area contributed by atoms with E-state index in [9.17, 15) is 19.5 Å². The normalized spacial score (nSPS) is 20.0. The van der Waals surface area contributed by atoms with Gasteiger partial charge in [0.05, 0.1) is 6.54 Å². The third kappa shape index (κ3) is 3.56. The Hall–Kier alpha value is -2.67. The van der Waals surface area contributed by atoms with E-state index in [4.69, 9.17) is 0 Å². The van der Waals surface area contributed by atoms with Gasteiger partial charge in [-0.15, -0.1) is 0 Å². The summed E-state index contributed by atoms with van der Waals surface area (Å²) < 4.78 is 1.29. The van der Waals surface area contributed by atoms with Crippen molar-refractivity contribution in [1.29, 1.82) is 0 Å². The molecule has 1 fully saturated rings. The maximum Gasteiger partial charge on any atom is 0.328 e. The Balaban J connectivity index is 1.65. The van der Waals surface area contributed by atoms with Crippen LogP contribution < -0.4 is 11.2 Å². The Morgan fingerprint density at radius 2 is 2.04 bits per heavy atom. The number of aromatic nitrogens is 2. The molecule has 2 N–H and O–H groups in total. The predicted molar refractivity (Wildman–Crippen MR) is 92.2 cm³/mol. The zero-order chi connectivity index (χ0) is 18.0. The van der Waals surface area contributed by atoms with E-state index in [0.29, 0.717) is 13.0 Å². The molecule has 2 aromatic rings. The molecule has 7 nitrogen and oxygen atoms in total. The van der Waals surface area contributed by atoms with Crippen molar-refractivity contribution in [3.8, 4) is 0 Å². The number of nitrogens with one attached hydrogen (secondary N) is 1. The first-order valence-corrected chi connectivity index (χ1v) is 8.25. The van der Waals surface area contributed by atoms with Gasteiger partial charge in [0.25, 0.3) is 5.56 Å². The number of aliphatic hydroxyl groups is 1. The van der Waals surface area contributed by atoms with Crippen LogP contribution in [0.2, 0.25) is 0 Å². The molecule has 3 rings (SSSR count). The molecule has 0 aliphatic carbocycles. The zero-order valence-corrected chi connectivity index (χ0v) is 14.1. The van der Waals surface area contributed by atoms with Crippen molar-refractivity contribution < 1.29 is 9.90 Å². The third-order valence-electron chi connectivity index (χ3n) is 4.71. The number of benzene rings is 1. The second kappa shape index (κ2) is 6.68. The van der Waals surface area contributed by atoms with Crippen LogP contribution in [-0.2, 0) is 16.9 Å². The smallest absolute Gasteiger partial charge is 0.328 e.